The minimum absolute atomic E-state index is 0.0335. The van der Waals surface area contributed by atoms with Crippen LogP contribution in [0.5, 0.6) is 0 Å². The van der Waals surface area contributed by atoms with Crippen molar-refractivity contribution in [3.63, 3.8) is 0 Å². The molecule has 0 saturated carbocycles. The van der Waals surface area contributed by atoms with E-state index in [1.807, 2.05) is 0 Å². The number of hydrogen-bond donors (Lipinski definition) is 1. The number of allylic oxidation sites excluding steroid dienone is 2. The van der Waals surface area contributed by atoms with Gasteiger partial charge < -0.3 is 19.7 Å². The van der Waals surface area contributed by atoms with Gasteiger partial charge in [0.25, 0.3) is 0 Å². The molecule has 0 atom stereocenters. The average molecular weight is 434 g/mol. The summed E-state index contributed by atoms with van der Waals surface area (Å²) in [6, 6.07) is 1.10. The van der Waals surface area contributed by atoms with E-state index in [1.165, 1.54) is 0 Å². The zero-order chi connectivity index (χ0) is 22.1. The van der Waals surface area contributed by atoms with Gasteiger partial charge in [-0.2, -0.15) is 8.78 Å². The Kier molecular flexibility index (Phi) is 9.58. The summed E-state index contributed by atoms with van der Waals surface area (Å²) in [7, 11) is 0. The van der Waals surface area contributed by atoms with Gasteiger partial charge in [0, 0.05) is 37.7 Å². The Balaban J connectivity index is 2.04. The molecule has 0 unspecified atom stereocenters. The van der Waals surface area contributed by atoms with Gasteiger partial charge in [-0.1, -0.05) is 19.4 Å². The molecule has 0 aromatic heterocycles. The lowest BCUT2D eigenvalue weighted by Gasteiger charge is -2.22. The van der Waals surface area contributed by atoms with E-state index in [2.05, 4.69) is 28.8 Å². The monoisotopic (exact) mass is 434 g/mol. The third-order valence-corrected chi connectivity index (χ3v) is 4.84. The molecule has 9 heteroatoms. The molecule has 1 aliphatic carbocycles. The van der Waals surface area contributed by atoms with E-state index in [9.17, 15) is 22.0 Å². The minimum Gasteiger partial charge on any atom is -0.485 e. The number of halogens is 5. The lowest BCUT2D eigenvalue weighted by molar-refractivity contribution is -0.103. The van der Waals surface area contributed by atoms with E-state index in [0.717, 1.165) is 31.8 Å². The first-order valence-electron chi connectivity index (χ1n) is 9.90. The Hall–Kier alpha value is -2.13. The van der Waals surface area contributed by atoms with Gasteiger partial charge >= 0.3 is 6.61 Å². The summed E-state index contributed by atoms with van der Waals surface area (Å²) in [5, 5.41) is 3.30. The van der Waals surface area contributed by atoms with Crippen LogP contribution in [0.25, 0.3) is 0 Å². The summed E-state index contributed by atoms with van der Waals surface area (Å²) < 4.78 is 75.6. The van der Waals surface area contributed by atoms with Crippen LogP contribution >= 0.6 is 0 Å². The zero-order valence-corrected chi connectivity index (χ0v) is 17.1. The molecule has 1 aliphatic rings. The SMILES string of the molecule is CCN(CC)CCNCC1=CC(OCc2cc(F)c(F)cc2F)=C(OC(F)F)CC1. The van der Waals surface area contributed by atoms with E-state index in [4.69, 9.17) is 4.74 Å². The molecular weight excluding hydrogens is 407 g/mol. The van der Waals surface area contributed by atoms with E-state index in [0.29, 0.717) is 25.1 Å². The Morgan fingerprint density at radius 2 is 1.73 bits per heavy atom. The predicted octanol–water partition coefficient (Wildman–Crippen LogP) is 4.72. The highest BCUT2D eigenvalue weighted by atomic mass is 19.3. The lowest BCUT2D eigenvalue weighted by atomic mass is 10.0. The molecule has 0 bridgehead atoms. The van der Waals surface area contributed by atoms with Crippen molar-refractivity contribution in [1.29, 1.82) is 0 Å². The second kappa shape index (κ2) is 11.9. The number of ether oxygens (including phenoxy) is 2. The summed E-state index contributed by atoms with van der Waals surface area (Å²) in [4.78, 5) is 2.27. The van der Waals surface area contributed by atoms with Crippen molar-refractivity contribution in [3.8, 4) is 0 Å². The number of rotatable bonds is 12. The third kappa shape index (κ3) is 7.28. The van der Waals surface area contributed by atoms with Crippen LogP contribution < -0.4 is 5.32 Å². The molecule has 0 amide bonds. The number of benzene rings is 1. The highest BCUT2D eigenvalue weighted by Crippen LogP contribution is 2.28. The largest absolute Gasteiger partial charge is 0.485 e. The minimum atomic E-state index is -3.03. The molecule has 0 heterocycles. The molecule has 4 nitrogen and oxygen atoms in total. The molecule has 0 fully saturated rings. The summed E-state index contributed by atoms with van der Waals surface area (Å²) >= 11 is 0. The topological polar surface area (TPSA) is 33.7 Å². The van der Waals surface area contributed by atoms with E-state index in [-0.39, 0.29) is 23.5 Å². The summed E-state index contributed by atoms with van der Waals surface area (Å²) in [5.74, 6) is -3.53. The van der Waals surface area contributed by atoms with E-state index in [1.54, 1.807) is 6.08 Å². The Morgan fingerprint density at radius 3 is 2.40 bits per heavy atom. The standard InChI is InChI=1S/C21H27F5N2O2/c1-3-28(4-2)8-7-27-12-14-5-6-19(30-21(25)26)20(9-14)29-13-15-10-17(23)18(24)11-16(15)22/h9-11,21,27H,3-8,12-13H2,1-2H3. The Bertz CT molecular complexity index is 764. The lowest BCUT2D eigenvalue weighted by Crippen LogP contribution is -2.32. The van der Waals surface area contributed by atoms with E-state index >= 15 is 0 Å². The summed E-state index contributed by atoms with van der Waals surface area (Å²) in [6.07, 6.45) is 2.28. The van der Waals surface area contributed by atoms with Gasteiger partial charge in [-0.3, -0.25) is 0 Å². The highest BCUT2D eigenvalue weighted by molar-refractivity contribution is 5.28. The maximum absolute atomic E-state index is 13.8. The maximum Gasteiger partial charge on any atom is 0.387 e. The number of likely N-dealkylation sites (N-methyl/N-ethyl adjacent to an activating group) is 1. The highest BCUT2D eigenvalue weighted by Gasteiger charge is 2.20. The second-order valence-electron chi connectivity index (χ2n) is 6.82. The zero-order valence-electron chi connectivity index (χ0n) is 17.1. The van der Waals surface area contributed by atoms with Gasteiger partial charge in [0.1, 0.15) is 18.2 Å². The van der Waals surface area contributed by atoms with Crippen LogP contribution in [0.4, 0.5) is 22.0 Å². The predicted molar refractivity (Wildman–Crippen MR) is 103 cm³/mol. The summed E-state index contributed by atoms with van der Waals surface area (Å²) in [5.41, 5.74) is 0.688. The van der Waals surface area contributed by atoms with Crippen LogP contribution in [0, 0.1) is 17.5 Å². The molecule has 0 radical (unpaired) electrons. The van der Waals surface area contributed by atoms with Crippen molar-refractivity contribution < 1.29 is 31.4 Å². The molecule has 1 N–H and O–H groups in total. The van der Waals surface area contributed by atoms with Crippen LogP contribution in [0.1, 0.15) is 32.3 Å². The van der Waals surface area contributed by atoms with Crippen molar-refractivity contribution in [2.45, 2.75) is 39.9 Å². The van der Waals surface area contributed by atoms with Gasteiger partial charge in [-0.15, -0.1) is 0 Å². The molecule has 1 aromatic carbocycles. The molecule has 0 spiro atoms. The van der Waals surface area contributed by atoms with Gasteiger partial charge in [-0.25, -0.2) is 13.2 Å². The first-order chi connectivity index (χ1) is 14.3. The molecule has 30 heavy (non-hydrogen) atoms. The van der Waals surface area contributed by atoms with Gasteiger partial charge in [-0.05, 0) is 31.7 Å². The number of hydrogen-bond acceptors (Lipinski definition) is 4. The average Bonchev–Trinajstić information content (AvgIpc) is 2.71. The molecule has 1 aromatic rings. The van der Waals surface area contributed by atoms with Gasteiger partial charge in [0.05, 0.1) is 0 Å². The second-order valence-corrected chi connectivity index (χ2v) is 6.82. The van der Waals surface area contributed by atoms with Crippen LogP contribution in [0.3, 0.4) is 0 Å². The fraction of sp³-hybridized carbons (Fsp3) is 0.524. The third-order valence-electron chi connectivity index (χ3n) is 4.84. The molecule has 0 aliphatic heterocycles. The van der Waals surface area contributed by atoms with Crippen LogP contribution in [0.15, 0.2) is 35.3 Å². The fourth-order valence-electron chi connectivity index (χ4n) is 3.08. The fourth-order valence-corrected chi connectivity index (χ4v) is 3.08. The molecular formula is C21H27F5N2O2. The van der Waals surface area contributed by atoms with Crippen molar-refractivity contribution in [1.82, 2.24) is 10.2 Å². The first-order valence-corrected chi connectivity index (χ1v) is 9.90. The molecule has 2 rings (SSSR count). The molecule has 0 saturated heterocycles. The van der Waals surface area contributed by atoms with Crippen LogP contribution in [-0.4, -0.2) is 44.2 Å². The number of nitrogens with zero attached hydrogens (tertiary/aromatic N) is 1. The van der Waals surface area contributed by atoms with Gasteiger partial charge in [0.2, 0.25) is 0 Å². The van der Waals surface area contributed by atoms with Crippen molar-refractivity contribution in [2.24, 2.45) is 0 Å². The quantitative estimate of drug-likeness (QED) is 0.293. The Morgan fingerprint density at radius 1 is 1.03 bits per heavy atom. The maximum atomic E-state index is 13.8. The van der Waals surface area contributed by atoms with Crippen molar-refractivity contribution in [2.75, 3.05) is 32.7 Å². The Labute approximate surface area is 173 Å². The van der Waals surface area contributed by atoms with Crippen molar-refractivity contribution in [3.05, 3.63) is 58.3 Å². The van der Waals surface area contributed by atoms with Gasteiger partial charge in [0.15, 0.2) is 17.4 Å². The first kappa shape index (κ1) is 24.1. The van der Waals surface area contributed by atoms with Crippen LogP contribution in [-0.2, 0) is 16.1 Å². The van der Waals surface area contributed by atoms with E-state index < -0.39 is 30.7 Å². The number of nitrogens with one attached hydrogen (secondary N) is 1. The van der Waals surface area contributed by atoms with Crippen LogP contribution in [0.2, 0.25) is 0 Å². The molecule has 168 valence electrons. The number of alkyl halides is 2. The van der Waals surface area contributed by atoms with Crippen molar-refractivity contribution >= 4 is 0 Å². The smallest absolute Gasteiger partial charge is 0.387 e. The normalized spacial score (nSPS) is 14.5. The summed E-state index contributed by atoms with van der Waals surface area (Å²) in [6.45, 7) is 4.79.